The first kappa shape index (κ1) is 11.3. The minimum absolute atomic E-state index is 0.0171. The van der Waals surface area contributed by atoms with Crippen molar-refractivity contribution in [2.75, 3.05) is 6.54 Å². The van der Waals surface area contributed by atoms with E-state index in [1.54, 1.807) is 16.8 Å². The molecular weight excluding hydrogens is 240 g/mol. The Morgan fingerprint density at radius 2 is 2.38 bits per heavy atom. The fraction of sp³-hybridized carbons (Fsp3) is 0.273. The maximum Gasteiger partial charge on any atom is 0.263 e. The van der Waals surface area contributed by atoms with Gasteiger partial charge < -0.3 is 5.32 Å². The van der Waals surface area contributed by atoms with Crippen LogP contribution in [0.1, 0.15) is 20.2 Å². The van der Waals surface area contributed by atoms with Gasteiger partial charge in [0.1, 0.15) is 4.88 Å². The first-order chi connectivity index (χ1) is 7.77. The maximum absolute atomic E-state index is 11.7. The molecule has 1 amide bonds. The van der Waals surface area contributed by atoms with Crippen LogP contribution >= 0.6 is 22.7 Å². The number of carbonyl (C=O) groups excluding carboxylic acids is 1. The number of carbonyl (C=O) groups is 1. The zero-order chi connectivity index (χ0) is 11.4. The normalized spacial score (nSPS) is 10.3. The fourth-order valence-corrected chi connectivity index (χ4v) is 2.78. The summed E-state index contributed by atoms with van der Waals surface area (Å²) in [5.74, 6) is -0.0171. The Morgan fingerprint density at radius 1 is 1.50 bits per heavy atom. The summed E-state index contributed by atoms with van der Waals surface area (Å²) >= 11 is 3.10. The van der Waals surface area contributed by atoms with E-state index >= 15 is 0 Å². The first-order valence-electron chi connectivity index (χ1n) is 4.98. The van der Waals surface area contributed by atoms with Gasteiger partial charge in [0.2, 0.25) is 0 Å². The van der Waals surface area contributed by atoms with Crippen molar-refractivity contribution in [2.24, 2.45) is 0 Å². The molecule has 3 nitrogen and oxygen atoms in total. The van der Waals surface area contributed by atoms with Crippen LogP contribution in [-0.2, 0) is 6.42 Å². The molecule has 0 bridgehead atoms. The van der Waals surface area contributed by atoms with Crippen molar-refractivity contribution >= 4 is 28.6 Å². The number of thiophene rings is 1. The van der Waals surface area contributed by atoms with E-state index in [9.17, 15) is 4.79 Å². The molecule has 0 aliphatic heterocycles. The molecule has 0 saturated heterocycles. The first-order valence-corrected chi connectivity index (χ1v) is 6.74. The topological polar surface area (TPSA) is 42.0 Å². The summed E-state index contributed by atoms with van der Waals surface area (Å²) < 4.78 is 0. The lowest BCUT2D eigenvalue weighted by atomic mass is 10.3. The molecule has 0 spiro atoms. The van der Waals surface area contributed by atoms with Crippen LogP contribution in [0.3, 0.4) is 0 Å². The van der Waals surface area contributed by atoms with Crippen LogP contribution in [0.25, 0.3) is 0 Å². The molecule has 5 heteroatoms. The van der Waals surface area contributed by atoms with Gasteiger partial charge in [0, 0.05) is 11.4 Å². The van der Waals surface area contributed by atoms with Crippen molar-refractivity contribution < 1.29 is 4.79 Å². The lowest BCUT2D eigenvalue weighted by Crippen LogP contribution is -2.25. The van der Waals surface area contributed by atoms with Gasteiger partial charge in [-0.2, -0.15) is 0 Å². The third-order valence-electron chi connectivity index (χ3n) is 2.19. The van der Waals surface area contributed by atoms with E-state index in [-0.39, 0.29) is 5.91 Å². The Morgan fingerprint density at radius 3 is 3.00 bits per heavy atom. The molecule has 0 aliphatic carbocycles. The molecule has 16 heavy (non-hydrogen) atoms. The number of thiazole rings is 1. The quantitative estimate of drug-likeness (QED) is 0.908. The van der Waals surface area contributed by atoms with Gasteiger partial charge >= 0.3 is 0 Å². The number of hydrogen-bond acceptors (Lipinski definition) is 4. The highest BCUT2D eigenvalue weighted by Gasteiger charge is 2.10. The van der Waals surface area contributed by atoms with Crippen molar-refractivity contribution in [2.45, 2.75) is 13.3 Å². The highest BCUT2D eigenvalue weighted by atomic mass is 32.1. The molecule has 1 N–H and O–H groups in total. The SMILES string of the molecule is Cc1ncsc1C(=O)NCCc1cccs1. The molecule has 0 aromatic carbocycles. The highest BCUT2D eigenvalue weighted by molar-refractivity contribution is 7.11. The van der Waals surface area contributed by atoms with Crippen LogP contribution in [0, 0.1) is 6.92 Å². The largest absolute Gasteiger partial charge is 0.351 e. The van der Waals surface area contributed by atoms with Gasteiger partial charge in [-0.05, 0) is 24.8 Å². The van der Waals surface area contributed by atoms with E-state index < -0.39 is 0 Å². The third-order valence-corrected chi connectivity index (χ3v) is 4.05. The molecule has 0 saturated carbocycles. The van der Waals surface area contributed by atoms with E-state index in [1.165, 1.54) is 16.2 Å². The molecular formula is C11H12N2OS2. The number of aromatic nitrogens is 1. The Balaban J connectivity index is 1.83. The smallest absolute Gasteiger partial charge is 0.263 e. The number of aryl methyl sites for hydroxylation is 1. The van der Waals surface area contributed by atoms with E-state index in [0.29, 0.717) is 11.4 Å². The van der Waals surface area contributed by atoms with Crippen LogP contribution in [0.15, 0.2) is 23.0 Å². The van der Waals surface area contributed by atoms with Gasteiger partial charge in [0.25, 0.3) is 5.91 Å². The van der Waals surface area contributed by atoms with E-state index in [2.05, 4.69) is 16.4 Å². The van der Waals surface area contributed by atoms with Gasteiger partial charge in [-0.15, -0.1) is 22.7 Å². The maximum atomic E-state index is 11.7. The number of amides is 1. The second-order valence-corrected chi connectivity index (χ2v) is 5.24. The summed E-state index contributed by atoms with van der Waals surface area (Å²) in [6.45, 7) is 2.53. The number of nitrogens with zero attached hydrogens (tertiary/aromatic N) is 1. The van der Waals surface area contributed by atoms with Crippen LogP contribution in [0.5, 0.6) is 0 Å². The zero-order valence-electron chi connectivity index (χ0n) is 8.90. The fourth-order valence-electron chi connectivity index (χ4n) is 1.35. The summed E-state index contributed by atoms with van der Waals surface area (Å²) in [7, 11) is 0. The number of rotatable bonds is 4. The molecule has 0 radical (unpaired) electrons. The van der Waals surface area contributed by atoms with Crippen molar-refractivity contribution in [1.29, 1.82) is 0 Å². The van der Waals surface area contributed by atoms with E-state index in [1.807, 2.05) is 18.4 Å². The number of nitrogens with one attached hydrogen (secondary N) is 1. The Hall–Kier alpha value is -1.20. The zero-order valence-corrected chi connectivity index (χ0v) is 10.5. The van der Waals surface area contributed by atoms with E-state index in [4.69, 9.17) is 0 Å². The lowest BCUT2D eigenvalue weighted by molar-refractivity contribution is 0.0957. The molecule has 0 aliphatic rings. The van der Waals surface area contributed by atoms with E-state index in [0.717, 1.165) is 12.1 Å². The van der Waals surface area contributed by atoms with Crippen molar-refractivity contribution in [1.82, 2.24) is 10.3 Å². The molecule has 2 aromatic rings. The van der Waals surface area contributed by atoms with Crippen LogP contribution < -0.4 is 5.32 Å². The van der Waals surface area contributed by atoms with Gasteiger partial charge in [-0.3, -0.25) is 4.79 Å². The molecule has 0 atom stereocenters. The van der Waals surface area contributed by atoms with Crippen molar-refractivity contribution in [3.8, 4) is 0 Å². The van der Waals surface area contributed by atoms with Crippen molar-refractivity contribution in [3.05, 3.63) is 38.5 Å². The van der Waals surface area contributed by atoms with Gasteiger partial charge in [-0.1, -0.05) is 6.07 Å². The van der Waals surface area contributed by atoms with Crippen molar-refractivity contribution in [3.63, 3.8) is 0 Å². The van der Waals surface area contributed by atoms with Crippen LogP contribution in [-0.4, -0.2) is 17.4 Å². The molecule has 0 fully saturated rings. The van der Waals surface area contributed by atoms with Crippen LogP contribution in [0.2, 0.25) is 0 Å². The molecule has 84 valence electrons. The average Bonchev–Trinajstić information content (AvgIpc) is 2.88. The number of hydrogen-bond donors (Lipinski definition) is 1. The Bertz CT molecular complexity index is 462. The summed E-state index contributed by atoms with van der Waals surface area (Å²) in [5, 5.41) is 4.95. The summed E-state index contributed by atoms with van der Waals surface area (Å²) in [5.41, 5.74) is 2.50. The summed E-state index contributed by atoms with van der Waals surface area (Å²) in [6.07, 6.45) is 0.890. The minimum atomic E-state index is -0.0171. The Kier molecular flexibility index (Phi) is 3.69. The molecule has 2 aromatic heterocycles. The summed E-state index contributed by atoms with van der Waals surface area (Å²) in [6, 6.07) is 4.10. The molecule has 0 unspecified atom stereocenters. The second kappa shape index (κ2) is 5.23. The predicted octanol–water partition coefficient (Wildman–Crippen LogP) is 2.49. The average molecular weight is 252 g/mol. The minimum Gasteiger partial charge on any atom is -0.351 e. The third kappa shape index (κ3) is 2.68. The van der Waals surface area contributed by atoms with Gasteiger partial charge in [0.05, 0.1) is 11.2 Å². The predicted molar refractivity (Wildman–Crippen MR) is 67.2 cm³/mol. The second-order valence-electron chi connectivity index (χ2n) is 3.35. The monoisotopic (exact) mass is 252 g/mol. The highest BCUT2D eigenvalue weighted by Crippen LogP contribution is 2.12. The molecule has 2 heterocycles. The summed E-state index contributed by atoms with van der Waals surface area (Å²) in [4.78, 5) is 17.8. The standard InChI is InChI=1S/C11H12N2OS2/c1-8-10(16-7-13-8)11(14)12-5-4-9-3-2-6-15-9/h2-3,6-7H,4-5H2,1H3,(H,12,14). The Labute approximate surface area is 102 Å². The lowest BCUT2D eigenvalue weighted by Gasteiger charge is -2.02. The van der Waals surface area contributed by atoms with Gasteiger partial charge in [-0.25, -0.2) is 4.98 Å². The van der Waals surface area contributed by atoms with Gasteiger partial charge in [0.15, 0.2) is 0 Å². The molecule has 2 rings (SSSR count). The van der Waals surface area contributed by atoms with Crippen LogP contribution in [0.4, 0.5) is 0 Å².